The molecule has 0 amide bonds. The quantitative estimate of drug-likeness (QED) is 0.476. The van der Waals surface area contributed by atoms with Crippen LogP contribution in [-0.2, 0) is 6.18 Å². The number of halogens is 4. The fourth-order valence-corrected chi connectivity index (χ4v) is 4.72. The maximum absolute atomic E-state index is 13.1. The molecule has 0 spiro atoms. The van der Waals surface area contributed by atoms with Crippen molar-refractivity contribution in [3.8, 4) is 17.1 Å². The molecule has 1 unspecified atom stereocenters. The Labute approximate surface area is 189 Å². The van der Waals surface area contributed by atoms with Gasteiger partial charge in [-0.1, -0.05) is 11.6 Å². The Bertz CT molecular complexity index is 1250. The number of benzene rings is 1. The lowest BCUT2D eigenvalue weighted by Gasteiger charge is -2.13. The summed E-state index contributed by atoms with van der Waals surface area (Å²) in [5, 5.41) is 10.1. The number of furan rings is 1. The predicted octanol–water partition coefficient (Wildman–Crippen LogP) is 6.25. The van der Waals surface area contributed by atoms with E-state index in [4.69, 9.17) is 20.4 Å². The molecule has 1 aromatic carbocycles. The molecule has 1 atom stereocenters. The molecule has 2 aromatic heterocycles. The number of aliphatic imine (C=N–C) groups is 1. The monoisotopic (exact) mass is 483 g/mol. The third kappa shape index (κ3) is 4.59. The highest BCUT2D eigenvalue weighted by Gasteiger charge is 2.32. The standard InChI is InChI=1S/C22H17ClF3NO4S/c1-11-8-16(28)20(21(29)30-11)15-10-19(32-7-6-27-15)18-5-4-17(31-18)13-9-12(22(24,25)26)2-3-14(13)23/h2-5,8-9,19,28H,6-7,10H2,1H3. The predicted molar refractivity (Wildman–Crippen MR) is 117 cm³/mol. The number of hydrogen-bond donors (Lipinski definition) is 1. The number of nitrogens with zero attached hydrogens (tertiary/aromatic N) is 1. The van der Waals surface area contributed by atoms with E-state index in [9.17, 15) is 23.1 Å². The van der Waals surface area contributed by atoms with Crippen LogP contribution in [0.5, 0.6) is 5.75 Å². The first-order valence-electron chi connectivity index (χ1n) is 9.59. The minimum Gasteiger partial charge on any atom is -0.507 e. The second-order valence-electron chi connectivity index (χ2n) is 7.19. The number of aryl methyl sites for hydroxylation is 1. The molecule has 10 heteroatoms. The highest BCUT2D eigenvalue weighted by molar-refractivity contribution is 7.99. The summed E-state index contributed by atoms with van der Waals surface area (Å²) in [6.07, 6.45) is -4.23. The molecule has 1 N–H and O–H groups in total. The van der Waals surface area contributed by atoms with Crippen LogP contribution < -0.4 is 5.63 Å². The van der Waals surface area contributed by atoms with Crippen LogP contribution >= 0.6 is 23.4 Å². The van der Waals surface area contributed by atoms with Crippen molar-refractivity contribution in [1.82, 2.24) is 0 Å². The maximum atomic E-state index is 13.1. The molecule has 3 heterocycles. The number of hydrogen-bond acceptors (Lipinski definition) is 6. The minimum atomic E-state index is -4.51. The van der Waals surface area contributed by atoms with Gasteiger partial charge in [-0.2, -0.15) is 13.2 Å². The summed E-state index contributed by atoms with van der Waals surface area (Å²) in [7, 11) is 0. The Morgan fingerprint density at radius 2 is 1.97 bits per heavy atom. The van der Waals surface area contributed by atoms with E-state index in [1.165, 1.54) is 23.9 Å². The Morgan fingerprint density at radius 3 is 2.69 bits per heavy atom. The Hall–Kier alpha value is -2.65. The summed E-state index contributed by atoms with van der Waals surface area (Å²) in [6, 6.07) is 7.65. The molecular weight excluding hydrogens is 467 g/mol. The zero-order chi connectivity index (χ0) is 23.0. The van der Waals surface area contributed by atoms with Gasteiger partial charge in [0.1, 0.15) is 28.6 Å². The molecule has 3 aromatic rings. The first-order valence-corrected chi connectivity index (χ1v) is 11.0. The van der Waals surface area contributed by atoms with E-state index in [1.54, 1.807) is 19.1 Å². The summed E-state index contributed by atoms with van der Waals surface area (Å²) < 4.78 is 50.3. The molecule has 0 bridgehead atoms. The molecule has 1 aliphatic heterocycles. The summed E-state index contributed by atoms with van der Waals surface area (Å²) in [5.74, 6) is 1.41. The first-order chi connectivity index (χ1) is 15.1. The molecule has 5 nitrogen and oxygen atoms in total. The van der Waals surface area contributed by atoms with E-state index < -0.39 is 17.4 Å². The lowest BCUT2D eigenvalue weighted by molar-refractivity contribution is -0.137. The molecule has 4 rings (SSSR count). The second kappa shape index (κ2) is 8.71. The van der Waals surface area contributed by atoms with Crippen molar-refractivity contribution in [2.24, 2.45) is 4.99 Å². The van der Waals surface area contributed by atoms with Crippen LogP contribution in [0.25, 0.3) is 11.3 Å². The van der Waals surface area contributed by atoms with Crippen molar-refractivity contribution in [2.75, 3.05) is 12.3 Å². The lowest BCUT2D eigenvalue weighted by atomic mass is 10.0. The number of thioether (sulfide) groups is 1. The van der Waals surface area contributed by atoms with Gasteiger partial charge in [-0.05, 0) is 37.3 Å². The first kappa shape index (κ1) is 22.5. The van der Waals surface area contributed by atoms with Gasteiger partial charge in [-0.25, -0.2) is 4.79 Å². The van der Waals surface area contributed by atoms with Crippen LogP contribution in [-0.4, -0.2) is 23.1 Å². The topological polar surface area (TPSA) is 75.9 Å². The smallest absolute Gasteiger partial charge is 0.416 e. The average Bonchev–Trinajstić information content (AvgIpc) is 3.06. The van der Waals surface area contributed by atoms with Crippen LogP contribution in [0.1, 0.15) is 34.3 Å². The van der Waals surface area contributed by atoms with Crippen molar-refractivity contribution >= 4 is 29.1 Å². The van der Waals surface area contributed by atoms with Gasteiger partial charge in [0.25, 0.3) is 0 Å². The molecular formula is C22H17ClF3NO4S. The summed E-state index contributed by atoms with van der Waals surface area (Å²) >= 11 is 7.66. The molecule has 1 aliphatic rings. The van der Waals surface area contributed by atoms with Crippen molar-refractivity contribution in [1.29, 1.82) is 0 Å². The minimum absolute atomic E-state index is 0.0100. The largest absolute Gasteiger partial charge is 0.507 e. The molecule has 0 fully saturated rings. The molecule has 0 saturated carbocycles. The highest BCUT2D eigenvalue weighted by atomic mass is 35.5. The van der Waals surface area contributed by atoms with E-state index in [2.05, 4.69) is 4.99 Å². The van der Waals surface area contributed by atoms with Crippen molar-refractivity contribution in [3.05, 3.63) is 74.5 Å². The summed E-state index contributed by atoms with van der Waals surface area (Å²) in [5.41, 5.74) is -0.966. The third-order valence-corrected chi connectivity index (χ3v) is 6.49. The fraction of sp³-hybridized carbons (Fsp3) is 0.273. The highest BCUT2D eigenvalue weighted by Crippen LogP contribution is 2.41. The van der Waals surface area contributed by atoms with Crippen molar-refractivity contribution < 1.29 is 27.1 Å². The maximum Gasteiger partial charge on any atom is 0.416 e. The number of alkyl halides is 3. The Kier molecular flexibility index (Phi) is 6.13. The van der Waals surface area contributed by atoms with E-state index in [0.717, 1.165) is 12.1 Å². The van der Waals surface area contributed by atoms with Gasteiger partial charge in [0.2, 0.25) is 0 Å². The molecule has 0 radical (unpaired) electrons. The molecule has 168 valence electrons. The molecule has 0 saturated heterocycles. The zero-order valence-corrected chi connectivity index (χ0v) is 18.3. The number of rotatable bonds is 3. The van der Waals surface area contributed by atoms with Gasteiger partial charge >= 0.3 is 11.8 Å². The van der Waals surface area contributed by atoms with Crippen LogP contribution in [0.15, 0.2) is 55.0 Å². The molecule has 0 aliphatic carbocycles. The van der Waals surface area contributed by atoms with E-state index in [1.807, 2.05) is 0 Å². The second-order valence-corrected chi connectivity index (χ2v) is 8.91. The van der Waals surface area contributed by atoms with E-state index >= 15 is 0 Å². The van der Waals surface area contributed by atoms with Gasteiger partial charge < -0.3 is 13.9 Å². The van der Waals surface area contributed by atoms with Gasteiger partial charge in [-0.3, -0.25) is 4.99 Å². The average molecular weight is 484 g/mol. The summed E-state index contributed by atoms with van der Waals surface area (Å²) in [6.45, 7) is 1.98. The SMILES string of the molecule is Cc1cc(O)c(C2=NCCSC(c3ccc(-c4cc(C(F)(F)F)ccc4Cl)o3)C2)c(=O)o1. The third-order valence-electron chi connectivity index (χ3n) is 4.94. The lowest BCUT2D eigenvalue weighted by Crippen LogP contribution is -2.17. The van der Waals surface area contributed by atoms with Gasteiger partial charge in [0, 0.05) is 30.3 Å². The van der Waals surface area contributed by atoms with E-state index in [-0.39, 0.29) is 45.1 Å². The van der Waals surface area contributed by atoms with Crippen LogP contribution in [0.2, 0.25) is 5.02 Å². The normalized spacial score (nSPS) is 17.2. The van der Waals surface area contributed by atoms with Crippen LogP contribution in [0.4, 0.5) is 13.2 Å². The van der Waals surface area contributed by atoms with Crippen LogP contribution in [0, 0.1) is 6.92 Å². The van der Waals surface area contributed by atoms with Gasteiger partial charge in [-0.15, -0.1) is 11.8 Å². The van der Waals surface area contributed by atoms with Crippen LogP contribution in [0.3, 0.4) is 0 Å². The van der Waals surface area contributed by atoms with Gasteiger partial charge in [0.15, 0.2) is 0 Å². The molecule has 32 heavy (non-hydrogen) atoms. The van der Waals surface area contributed by atoms with Crippen molar-refractivity contribution in [2.45, 2.75) is 24.8 Å². The zero-order valence-electron chi connectivity index (χ0n) is 16.7. The summed E-state index contributed by atoms with van der Waals surface area (Å²) in [4.78, 5) is 16.7. The van der Waals surface area contributed by atoms with E-state index in [0.29, 0.717) is 23.8 Å². The number of aromatic hydroxyl groups is 1. The Balaban J connectivity index is 1.65. The Morgan fingerprint density at radius 1 is 1.19 bits per heavy atom. The van der Waals surface area contributed by atoms with Gasteiger partial charge in [0.05, 0.1) is 21.5 Å². The van der Waals surface area contributed by atoms with Crippen molar-refractivity contribution in [3.63, 3.8) is 0 Å². The fourth-order valence-electron chi connectivity index (χ4n) is 3.46.